The third-order valence-electron chi connectivity index (χ3n) is 8.18. The van der Waals surface area contributed by atoms with Crippen LogP contribution in [-0.4, -0.2) is 25.2 Å². The van der Waals surface area contributed by atoms with E-state index in [0.717, 1.165) is 44.4 Å². The van der Waals surface area contributed by atoms with Gasteiger partial charge in [-0.05, 0) is 31.6 Å². The lowest BCUT2D eigenvalue weighted by Crippen LogP contribution is -2.06. The van der Waals surface area contributed by atoms with E-state index < -0.39 is 0 Å². The Morgan fingerprint density at radius 2 is 0.725 bits per heavy atom. The van der Waals surface area contributed by atoms with Crippen molar-refractivity contribution in [2.75, 3.05) is 13.2 Å². The van der Waals surface area contributed by atoms with Crippen molar-refractivity contribution in [3.8, 4) is 0 Å². The number of carbonyl (C=O) groups is 2. The molecule has 0 bridgehead atoms. The molecule has 0 radical (unpaired) electrons. The molecule has 0 aromatic carbocycles. The Labute approximate surface area is 250 Å². The van der Waals surface area contributed by atoms with Crippen molar-refractivity contribution in [2.45, 2.75) is 201 Å². The number of rotatable bonds is 32. The van der Waals surface area contributed by atoms with Crippen LogP contribution in [0.25, 0.3) is 0 Å². The van der Waals surface area contributed by atoms with Crippen molar-refractivity contribution in [1.82, 2.24) is 0 Å². The van der Waals surface area contributed by atoms with Crippen molar-refractivity contribution >= 4 is 11.9 Å². The Morgan fingerprint density at radius 3 is 1.07 bits per heavy atom. The van der Waals surface area contributed by atoms with Gasteiger partial charge in [0.1, 0.15) is 0 Å². The Bertz CT molecular complexity index is 487. The summed E-state index contributed by atoms with van der Waals surface area (Å²) >= 11 is 0. The Morgan fingerprint density at radius 1 is 0.425 bits per heavy atom. The average molecular weight is 567 g/mol. The van der Waals surface area contributed by atoms with Crippen LogP contribution in [0.5, 0.6) is 0 Å². The highest BCUT2D eigenvalue weighted by Gasteiger charge is 2.07. The highest BCUT2D eigenvalue weighted by Crippen LogP contribution is 2.18. The minimum atomic E-state index is -0.0145. The van der Waals surface area contributed by atoms with Crippen LogP contribution < -0.4 is 0 Å². The van der Waals surface area contributed by atoms with Crippen molar-refractivity contribution in [3.05, 3.63) is 0 Å². The van der Waals surface area contributed by atoms with Gasteiger partial charge in [-0.3, -0.25) is 9.59 Å². The van der Waals surface area contributed by atoms with E-state index in [1.807, 2.05) is 0 Å². The van der Waals surface area contributed by atoms with Gasteiger partial charge in [-0.2, -0.15) is 0 Å². The zero-order valence-electron chi connectivity index (χ0n) is 27.4. The first kappa shape index (κ1) is 38.9. The second-order valence-electron chi connectivity index (χ2n) is 12.4. The lowest BCUT2D eigenvalue weighted by molar-refractivity contribution is -0.144. The Hall–Kier alpha value is -1.06. The van der Waals surface area contributed by atoms with Crippen LogP contribution in [0.2, 0.25) is 0 Å². The minimum Gasteiger partial charge on any atom is -0.466 e. The fourth-order valence-corrected chi connectivity index (χ4v) is 5.36. The molecule has 0 aromatic heterocycles. The highest BCUT2D eigenvalue weighted by molar-refractivity contribution is 5.69. The van der Waals surface area contributed by atoms with Crippen molar-refractivity contribution in [1.29, 1.82) is 0 Å². The summed E-state index contributed by atoms with van der Waals surface area (Å²) in [6, 6.07) is 0. The van der Waals surface area contributed by atoms with Crippen LogP contribution in [0.1, 0.15) is 201 Å². The Balaban J connectivity index is 3.36. The van der Waals surface area contributed by atoms with Crippen LogP contribution in [0.15, 0.2) is 0 Å². The molecule has 0 fully saturated rings. The lowest BCUT2D eigenvalue weighted by atomic mass is 9.96. The number of ether oxygens (including phenoxy) is 2. The SMILES string of the molecule is CCCCCCCCCCCOC(=O)CCCCCC(C)CCCCCC(=O)OCCCCCCCCCCC. The molecule has 0 saturated heterocycles. The fourth-order valence-electron chi connectivity index (χ4n) is 5.36. The summed E-state index contributed by atoms with van der Waals surface area (Å²) in [6.45, 7) is 8.05. The number of unbranched alkanes of at least 4 members (excludes halogenated alkanes) is 20. The summed E-state index contributed by atoms with van der Waals surface area (Å²) in [5, 5.41) is 0. The highest BCUT2D eigenvalue weighted by atomic mass is 16.5. The number of hydrogen-bond donors (Lipinski definition) is 0. The Kier molecular flexibility index (Phi) is 31.6. The fraction of sp³-hybridized carbons (Fsp3) is 0.944. The second kappa shape index (κ2) is 32.5. The van der Waals surface area contributed by atoms with Crippen LogP contribution in [-0.2, 0) is 19.1 Å². The summed E-state index contributed by atoms with van der Waals surface area (Å²) < 4.78 is 10.8. The van der Waals surface area contributed by atoms with Gasteiger partial charge in [-0.25, -0.2) is 0 Å². The van der Waals surface area contributed by atoms with Gasteiger partial charge < -0.3 is 9.47 Å². The molecular formula is C36H70O4. The van der Waals surface area contributed by atoms with Gasteiger partial charge in [0.2, 0.25) is 0 Å². The molecule has 0 saturated carbocycles. The maximum Gasteiger partial charge on any atom is 0.305 e. The molecule has 0 N–H and O–H groups in total. The van der Waals surface area contributed by atoms with E-state index in [0.29, 0.717) is 26.1 Å². The van der Waals surface area contributed by atoms with Gasteiger partial charge in [-0.1, -0.05) is 162 Å². The molecule has 0 rings (SSSR count). The molecule has 0 aliphatic heterocycles. The van der Waals surface area contributed by atoms with E-state index >= 15 is 0 Å². The molecular weight excluding hydrogens is 496 g/mol. The lowest BCUT2D eigenvalue weighted by Gasteiger charge is -2.11. The van der Waals surface area contributed by atoms with Gasteiger partial charge in [0, 0.05) is 12.8 Å². The monoisotopic (exact) mass is 567 g/mol. The molecule has 0 amide bonds. The van der Waals surface area contributed by atoms with Gasteiger partial charge in [0.25, 0.3) is 0 Å². The van der Waals surface area contributed by atoms with Crippen molar-refractivity contribution < 1.29 is 19.1 Å². The first-order chi connectivity index (χ1) is 19.6. The number of hydrogen-bond acceptors (Lipinski definition) is 4. The molecule has 0 spiro atoms. The van der Waals surface area contributed by atoms with Crippen molar-refractivity contribution in [2.24, 2.45) is 5.92 Å². The summed E-state index contributed by atoms with van der Waals surface area (Å²) in [6.07, 6.45) is 33.3. The van der Waals surface area contributed by atoms with Crippen LogP contribution >= 0.6 is 0 Å². The van der Waals surface area contributed by atoms with E-state index in [4.69, 9.17) is 9.47 Å². The predicted molar refractivity (Wildman–Crippen MR) is 172 cm³/mol. The summed E-state index contributed by atoms with van der Waals surface area (Å²) in [7, 11) is 0. The van der Waals surface area contributed by atoms with Crippen LogP contribution in [0, 0.1) is 5.92 Å². The summed E-state index contributed by atoms with van der Waals surface area (Å²) in [4.78, 5) is 23.8. The van der Waals surface area contributed by atoms with Gasteiger partial charge in [0.15, 0.2) is 0 Å². The quantitative estimate of drug-likeness (QED) is 0.0600. The van der Waals surface area contributed by atoms with Crippen LogP contribution in [0.3, 0.4) is 0 Å². The molecule has 0 aromatic rings. The maximum absolute atomic E-state index is 11.9. The number of carbonyl (C=O) groups excluding carboxylic acids is 2. The summed E-state index contributed by atoms with van der Waals surface area (Å²) in [5.74, 6) is 0.691. The van der Waals surface area contributed by atoms with E-state index in [9.17, 15) is 9.59 Å². The normalized spacial score (nSPS) is 11.3. The first-order valence-electron chi connectivity index (χ1n) is 17.9. The molecule has 4 heteroatoms. The molecule has 40 heavy (non-hydrogen) atoms. The topological polar surface area (TPSA) is 52.6 Å². The average Bonchev–Trinajstić information content (AvgIpc) is 2.94. The van der Waals surface area contributed by atoms with E-state index in [2.05, 4.69) is 20.8 Å². The zero-order chi connectivity index (χ0) is 29.4. The van der Waals surface area contributed by atoms with Crippen LogP contribution in [0.4, 0.5) is 0 Å². The second-order valence-corrected chi connectivity index (χ2v) is 12.4. The van der Waals surface area contributed by atoms with Gasteiger partial charge >= 0.3 is 11.9 Å². The van der Waals surface area contributed by atoms with E-state index in [1.54, 1.807) is 0 Å². The third kappa shape index (κ3) is 31.5. The molecule has 0 aliphatic carbocycles. The van der Waals surface area contributed by atoms with E-state index in [-0.39, 0.29) is 11.9 Å². The predicted octanol–water partition coefficient (Wildman–Crippen LogP) is 11.7. The van der Waals surface area contributed by atoms with Gasteiger partial charge in [0.05, 0.1) is 13.2 Å². The van der Waals surface area contributed by atoms with E-state index in [1.165, 1.54) is 128 Å². The molecule has 0 unspecified atom stereocenters. The minimum absolute atomic E-state index is 0.0145. The molecule has 0 aliphatic rings. The molecule has 0 atom stereocenters. The molecule has 238 valence electrons. The molecule has 0 heterocycles. The largest absolute Gasteiger partial charge is 0.466 e. The number of esters is 2. The third-order valence-corrected chi connectivity index (χ3v) is 8.18. The van der Waals surface area contributed by atoms with Gasteiger partial charge in [-0.15, -0.1) is 0 Å². The summed E-state index contributed by atoms with van der Waals surface area (Å²) in [5.41, 5.74) is 0. The standard InChI is InChI=1S/C36H70O4/c1-4-6-8-10-12-14-16-18-26-32-39-35(37)30-24-20-22-28-34(3)29-23-21-25-31-36(38)40-33-27-19-17-15-13-11-9-7-5-2/h34H,4-33H2,1-3H3. The smallest absolute Gasteiger partial charge is 0.305 e. The first-order valence-corrected chi connectivity index (χ1v) is 17.9. The molecule has 4 nitrogen and oxygen atoms in total. The zero-order valence-corrected chi connectivity index (χ0v) is 27.4. The van der Waals surface area contributed by atoms with Crippen molar-refractivity contribution in [3.63, 3.8) is 0 Å². The maximum atomic E-state index is 11.9.